The normalized spacial score (nSPS) is 15.8. The van der Waals surface area contributed by atoms with Gasteiger partial charge in [-0.1, -0.05) is 29.8 Å². The lowest BCUT2D eigenvalue weighted by Crippen LogP contribution is -2.37. The molecule has 0 atom stereocenters. The van der Waals surface area contributed by atoms with Crippen molar-refractivity contribution < 1.29 is 14.4 Å². The predicted molar refractivity (Wildman–Crippen MR) is 102 cm³/mol. The minimum absolute atomic E-state index is 0.112. The van der Waals surface area contributed by atoms with Crippen LogP contribution in [-0.4, -0.2) is 39.6 Å². The van der Waals surface area contributed by atoms with Gasteiger partial charge in [0.05, 0.1) is 4.91 Å². The van der Waals surface area contributed by atoms with Gasteiger partial charge in [-0.05, 0) is 41.6 Å². The summed E-state index contributed by atoms with van der Waals surface area (Å²) in [5.41, 5.74) is 1.19. The first kappa shape index (κ1) is 18.3. The Balaban J connectivity index is 1.62. The first-order valence-corrected chi connectivity index (χ1v) is 9.06. The van der Waals surface area contributed by atoms with Crippen molar-refractivity contribution in [3.63, 3.8) is 0 Å². The number of hydrogen-bond acceptors (Lipinski definition) is 4. The van der Waals surface area contributed by atoms with E-state index >= 15 is 0 Å². The molecular weight excluding hydrogens is 374 g/mol. The largest absolute Gasteiger partial charge is 0.349 e. The fraction of sp³-hybridized carbons (Fsp3) is 0.167. The number of aromatic nitrogens is 1. The molecule has 0 spiro atoms. The third-order valence-corrected chi connectivity index (χ3v) is 5.11. The molecule has 0 aliphatic carbocycles. The molecule has 1 aromatic heterocycles. The van der Waals surface area contributed by atoms with Crippen LogP contribution in [0.1, 0.15) is 16.1 Å². The Kier molecular flexibility index (Phi) is 5.49. The van der Waals surface area contributed by atoms with E-state index in [-0.39, 0.29) is 30.1 Å². The van der Waals surface area contributed by atoms with E-state index in [9.17, 15) is 14.4 Å². The van der Waals surface area contributed by atoms with Gasteiger partial charge in [0.25, 0.3) is 17.1 Å². The van der Waals surface area contributed by atoms with E-state index < -0.39 is 0 Å². The average Bonchev–Trinajstić information content (AvgIpc) is 3.15. The SMILES string of the molecule is Cn1cccc1C(=O)NCCN1C(=O)S/C(=C\c2ccccc2Cl)C1=O. The zero-order valence-electron chi connectivity index (χ0n) is 13.9. The second kappa shape index (κ2) is 7.80. The monoisotopic (exact) mass is 389 g/mol. The van der Waals surface area contributed by atoms with E-state index in [1.165, 1.54) is 0 Å². The number of nitrogens with zero attached hydrogens (tertiary/aromatic N) is 2. The molecule has 26 heavy (non-hydrogen) atoms. The molecule has 0 saturated carbocycles. The molecule has 134 valence electrons. The molecule has 2 aromatic rings. The summed E-state index contributed by atoms with van der Waals surface area (Å²) in [4.78, 5) is 38.0. The maximum atomic E-state index is 12.4. The molecule has 1 aromatic carbocycles. The van der Waals surface area contributed by atoms with Crippen molar-refractivity contribution in [2.75, 3.05) is 13.1 Å². The Hall–Kier alpha value is -2.51. The van der Waals surface area contributed by atoms with Gasteiger partial charge in [0.15, 0.2) is 0 Å². The molecule has 6 nitrogen and oxygen atoms in total. The van der Waals surface area contributed by atoms with Gasteiger partial charge in [0.1, 0.15) is 5.69 Å². The van der Waals surface area contributed by atoms with Crippen LogP contribution < -0.4 is 5.32 Å². The number of hydrogen-bond donors (Lipinski definition) is 1. The van der Waals surface area contributed by atoms with Crippen LogP contribution in [-0.2, 0) is 11.8 Å². The molecule has 1 fully saturated rings. The Bertz CT molecular complexity index is 907. The van der Waals surface area contributed by atoms with Gasteiger partial charge < -0.3 is 9.88 Å². The van der Waals surface area contributed by atoms with Crippen molar-refractivity contribution in [3.8, 4) is 0 Å². The van der Waals surface area contributed by atoms with Crippen LogP contribution in [0.3, 0.4) is 0 Å². The summed E-state index contributed by atoms with van der Waals surface area (Å²) in [5.74, 6) is -0.635. The number of rotatable bonds is 5. The Morgan fingerprint density at radius 2 is 2.00 bits per heavy atom. The standard InChI is InChI=1S/C18H16ClN3O3S/c1-21-9-4-7-14(21)16(23)20-8-10-22-17(24)15(26-18(22)25)11-12-5-2-3-6-13(12)19/h2-7,9,11H,8,10H2,1H3,(H,20,23)/b15-11-. The molecule has 3 amide bonds. The predicted octanol–water partition coefficient (Wildman–Crippen LogP) is 3.14. The molecule has 3 rings (SSSR count). The fourth-order valence-corrected chi connectivity index (χ4v) is 3.54. The van der Waals surface area contributed by atoms with Gasteiger partial charge in [-0.2, -0.15) is 0 Å². The zero-order valence-corrected chi connectivity index (χ0v) is 15.5. The van der Waals surface area contributed by atoms with Crippen molar-refractivity contribution in [1.82, 2.24) is 14.8 Å². The van der Waals surface area contributed by atoms with Crippen molar-refractivity contribution in [2.45, 2.75) is 0 Å². The van der Waals surface area contributed by atoms with Crippen LogP contribution in [0.2, 0.25) is 5.02 Å². The molecule has 0 bridgehead atoms. The van der Waals surface area contributed by atoms with Crippen LogP contribution >= 0.6 is 23.4 Å². The van der Waals surface area contributed by atoms with E-state index in [1.54, 1.807) is 60.3 Å². The fourth-order valence-electron chi connectivity index (χ4n) is 2.49. The first-order chi connectivity index (χ1) is 12.5. The van der Waals surface area contributed by atoms with Crippen molar-refractivity contribution in [1.29, 1.82) is 0 Å². The zero-order chi connectivity index (χ0) is 18.7. The highest BCUT2D eigenvalue weighted by atomic mass is 35.5. The summed E-state index contributed by atoms with van der Waals surface area (Å²) >= 11 is 6.96. The number of amides is 3. The third-order valence-electron chi connectivity index (χ3n) is 3.86. The summed E-state index contributed by atoms with van der Waals surface area (Å²) in [7, 11) is 1.77. The van der Waals surface area contributed by atoms with E-state index in [2.05, 4.69) is 5.32 Å². The average molecular weight is 390 g/mol. The molecule has 2 heterocycles. The molecule has 8 heteroatoms. The number of nitrogens with one attached hydrogen (secondary N) is 1. The molecular formula is C18H16ClN3O3S. The summed E-state index contributed by atoms with van der Waals surface area (Å²) in [6.45, 7) is 0.294. The number of imide groups is 1. The minimum Gasteiger partial charge on any atom is -0.349 e. The number of carbonyl (C=O) groups excluding carboxylic acids is 3. The van der Waals surface area contributed by atoms with Crippen molar-refractivity contribution >= 4 is 46.5 Å². The topological polar surface area (TPSA) is 71.4 Å². The highest BCUT2D eigenvalue weighted by molar-refractivity contribution is 8.18. The molecule has 1 aliphatic rings. The van der Waals surface area contributed by atoms with Gasteiger partial charge in [-0.25, -0.2) is 0 Å². The van der Waals surface area contributed by atoms with Crippen LogP contribution in [0.4, 0.5) is 4.79 Å². The smallest absolute Gasteiger partial charge is 0.293 e. The van der Waals surface area contributed by atoms with E-state index in [0.29, 0.717) is 21.2 Å². The second-order valence-electron chi connectivity index (χ2n) is 5.62. The summed E-state index contributed by atoms with van der Waals surface area (Å²) in [6, 6.07) is 10.6. The number of carbonyl (C=O) groups is 3. The summed E-state index contributed by atoms with van der Waals surface area (Å²) < 4.78 is 1.70. The van der Waals surface area contributed by atoms with Crippen LogP contribution in [0.25, 0.3) is 6.08 Å². The molecule has 1 aliphatic heterocycles. The van der Waals surface area contributed by atoms with Gasteiger partial charge in [-0.3, -0.25) is 19.3 Å². The first-order valence-electron chi connectivity index (χ1n) is 7.87. The van der Waals surface area contributed by atoms with E-state index in [0.717, 1.165) is 16.7 Å². The quantitative estimate of drug-likeness (QED) is 0.797. The number of aryl methyl sites for hydroxylation is 1. The number of benzene rings is 1. The summed E-state index contributed by atoms with van der Waals surface area (Å²) in [5, 5.41) is 2.86. The molecule has 1 N–H and O–H groups in total. The van der Waals surface area contributed by atoms with Crippen molar-refractivity contribution in [3.05, 3.63) is 63.8 Å². The van der Waals surface area contributed by atoms with Crippen LogP contribution in [0, 0.1) is 0 Å². The van der Waals surface area contributed by atoms with Gasteiger partial charge in [0.2, 0.25) is 0 Å². The van der Waals surface area contributed by atoms with Crippen LogP contribution in [0.15, 0.2) is 47.5 Å². The van der Waals surface area contributed by atoms with Gasteiger partial charge in [-0.15, -0.1) is 0 Å². The number of thioether (sulfide) groups is 1. The van der Waals surface area contributed by atoms with E-state index in [4.69, 9.17) is 11.6 Å². The van der Waals surface area contributed by atoms with Crippen LogP contribution in [0.5, 0.6) is 0 Å². The maximum absolute atomic E-state index is 12.4. The Labute approximate surface area is 159 Å². The van der Waals surface area contributed by atoms with Gasteiger partial charge >= 0.3 is 0 Å². The summed E-state index contributed by atoms with van der Waals surface area (Å²) in [6.07, 6.45) is 3.38. The van der Waals surface area contributed by atoms with Crippen molar-refractivity contribution in [2.24, 2.45) is 7.05 Å². The lowest BCUT2D eigenvalue weighted by molar-refractivity contribution is -0.122. The lowest BCUT2D eigenvalue weighted by Gasteiger charge is -2.13. The van der Waals surface area contributed by atoms with Gasteiger partial charge in [0, 0.05) is 31.4 Å². The number of halogens is 1. The molecule has 1 saturated heterocycles. The third kappa shape index (κ3) is 3.84. The Morgan fingerprint density at radius 3 is 2.69 bits per heavy atom. The maximum Gasteiger partial charge on any atom is 0.293 e. The minimum atomic E-state index is -0.381. The Morgan fingerprint density at radius 1 is 1.23 bits per heavy atom. The highest BCUT2D eigenvalue weighted by Crippen LogP contribution is 2.33. The molecule has 0 radical (unpaired) electrons. The van der Waals surface area contributed by atoms with E-state index in [1.807, 2.05) is 0 Å². The molecule has 0 unspecified atom stereocenters. The second-order valence-corrected chi connectivity index (χ2v) is 7.02. The highest BCUT2D eigenvalue weighted by Gasteiger charge is 2.34. The lowest BCUT2D eigenvalue weighted by atomic mass is 10.2.